The van der Waals surface area contributed by atoms with Crippen LogP contribution in [0.3, 0.4) is 0 Å². The van der Waals surface area contributed by atoms with Gasteiger partial charge in [0.25, 0.3) is 0 Å². The Morgan fingerprint density at radius 2 is 2.00 bits per heavy atom. The summed E-state index contributed by atoms with van der Waals surface area (Å²) >= 11 is 0. The molecule has 0 saturated carbocycles. The van der Waals surface area contributed by atoms with E-state index in [0.717, 1.165) is 12.8 Å². The minimum Gasteiger partial charge on any atom is -0.271 e. The van der Waals surface area contributed by atoms with Crippen LogP contribution in [0.5, 0.6) is 0 Å². The van der Waals surface area contributed by atoms with Gasteiger partial charge in [0.2, 0.25) is 0 Å². The molecule has 0 amide bonds. The second-order valence-corrected chi connectivity index (χ2v) is 5.42. The molecule has 0 heterocycles. The molecule has 17 heavy (non-hydrogen) atoms. The van der Waals surface area contributed by atoms with Gasteiger partial charge in [-0.1, -0.05) is 51.1 Å². The third-order valence-electron chi connectivity index (χ3n) is 3.00. The zero-order valence-corrected chi connectivity index (χ0v) is 11.2. The standard InChI is InChI=1S/C15H24N2/c1-5-6-11-14(17-16)12-9-7-8-10-13(12)15(2,3)4/h5,7-10,14,17H,1,6,11,16H2,2-4H3. The van der Waals surface area contributed by atoms with Crippen LogP contribution < -0.4 is 11.3 Å². The molecule has 0 spiro atoms. The van der Waals surface area contributed by atoms with Crippen LogP contribution in [0.1, 0.15) is 50.8 Å². The van der Waals surface area contributed by atoms with Crippen LogP contribution in [-0.4, -0.2) is 0 Å². The van der Waals surface area contributed by atoms with E-state index in [1.54, 1.807) is 0 Å². The zero-order chi connectivity index (χ0) is 12.9. The topological polar surface area (TPSA) is 38.0 Å². The lowest BCUT2D eigenvalue weighted by Crippen LogP contribution is -2.30. The van der Waals surface area contributed by atoms with Crippen molar-refractivity contribution >= 4 is 0 Å². The lowest BCUT2D eigenvalue weighted by molar-refractivity contribution is 0.497. The lowest BCUT2D eigenvalue weighted by Gasteiger charge is -2.27. The summed E-state index contributed by atoms with van der Waals surface area (Å²) in [5.74, 6) is 5.67. The Kier molecular flexibility index (Phi) is 4.91. The number of nitrogens with two attached hydrogens (primary N) is 1. The largest absolute Gasteiger partial charge is 0.271 e. The summed E-state index contributed by atoms with van der Waals surface area (Å²) in [5.41, 5.74) is 5.71. The van der Waals surface area contributed by atoms with Crippen LogP contribution in [0.4, 0.5) is 0 Å². The molecule has 0 saturated heterocycles. The molecular weight excluding hydrogens is 208 g/mol. The summed E-state index contributed by atoms with van der Waals surface area (Å²) in [6.45, 7) is 10.5. The van der Waals surface area contributed by atoms with Crippen molar-refractivity contribution in [1.82, 2.24) is 5.43 Å². The Morgan fingerprint density at radius 1 is 1.35 bits per heavy atom. The van der Waals surface area contributed by atoms with Gasteiger partial charge in [-0.15, -0.1) is 6.58 Å². The average Bonchev–Trinajstić information content (AvgIpc) is 2.29. The molecule has 0 aliphatic heterocycles. The molecule has 1 atom stereocenters. The van der Waals surface area contributed by atoms with E-state index in [4.69, 9.17) is 5.84 Å². The van der Waals surface area contributed by atoms with Gasteiger partial charge in [0.1, 0.15) is 0 Å². The highest BCUT2D eigenvalue weighted by atomic mass is 15.2. The Labute approximate surface area is 105 Å². The predicted octanol–water partition coefficient (Wildman–Crippen LogP) is 3.45. The monoisotopic (exact) mass is 232 g/mol. The molecule has 0 radical (unpaired) electrons. The molecule has 2 nitrogen and oxygen atoms in total. The first-order valence-electron chi connectivity index (χ1n) is 6.17. The molecule has 0 aliphatic carbocycles. The molecule has 3 N–H and O–H groups in total. The Hall–Kier alpha value is -1.12. The van der Waals surface area contributed by atoms with Gasteiger partial charge in [0, 0.05) is 6.04 Å². The smallest absolute Gasteiger partial charge is 0.0465 e. The first-order valence-corrected chi connectivity index (χ1v) is 6.17. The third kappa shape index (κ3) is 3.69. The van der Waals surface area contributed by atoms with E-state index in [0.29, 0.717) is 0 Å². The molecule has 94 valence electrons. The van der Waals surface area contributed by atoms with E-state index in [-0.39, 0.29) is 11.5 Å². The number of hydrogen-bond acceptors (Lipinski definition) is 2. The van der Waals surface area contributed by atoms with Gasteiger partial charge in [-0.3, -0.25) is 11.3 Å². The number of rotatable bonds is 5. The van der Waals surface area contributed by atoms with E-state index in [1.807, 2.05) is 6.08 Å². The van der Waals surface area contributed by atoms with Gasteiger partial charge in [0.15, 0.2) is 0 Å². The highest BCUT2D eigenvalue weighted by molar-refractivity contribution is 5.35. The van der Waals surface area contributed by atoms with Crippen molar-refractivity contribution in [3.05, 3.63) is 48.0 Å². The SMILES string of the molecule is C=CCCC(NN)c1ccccc1C(C)(C)C. The average molecular weight is 232 g/mol. The normalized spacial score (nSPS) is 13.4. The van der Waals surface area contributed by atoms with E-state index < -0.39 is 0 Å². The second kappa shape index (κ2) is 5.99. The van der Waals surface area contributed by atoms with E-state index in [9.17, 15) is 0 Å². The van der Waals surface area contributed by atoms with Crippen molar-refractivity contribution in [3.63, 3.8) is 0 Å². The number of nitrogens with one attached hydrogen (secondary N) is 1. The van der Waals surface area contributed by atoms with Gasteiger partial charge < -0.3 is 0 Å². The highest BCUT2D eigenvalue weighted by Crippen LogP contribution is 2.31. The van der Waals surface area contributed by atoms with Crippen molar-refractivity contribution in [2.45, 2.75) is 45.1 Å². The fraction of sp³-hybridized carbons (Fsp3) is 0.467. The van der Waals surface area contributed by atoms with Gasteiger partial charge in [0.05, 0.1) is 0 Å². The Bertz CT molecular complexity index is 363. The summed E-state index contributed by atoms with van der Waals surface area (Å²) in [6.07, 6.45) is 3.88. The van der Waals surface area contributed by atoms with E-state index in [1.165, 1.54) is 11.1 Å². The number of hydrazine groups is 1. The second-order valence-electron chi connectivity index (χ2n) is 5.42. The summed E-state index contributed by atoms with van der Waals surface area (Å²) in [5, 5.41) is 0. The van der Waals surface area contributed by atoms with Crippen molar-refractivity contribution in [3.8, 4) is 0 Å². The minimum atomic E-state index is 0.139. The Balaban J connectivity index is 3.06. The van der Waals surface area contributed by atoms with Crippen molar-refractivity contribution in [2.75, 3.05) is 0 Å². The fourth-order valence-corrected chi connectivity index (χ4v) is 2.10. The van der Waals surface area contributed by atoms with Crippen LogP contribution in [0.15, 0.2) is 36.9 Å². The molecule has 1 rings (SSSR count). The summed E-state index contributed by atoms with van der Waals surface area (Å²) in [4.78, 5) is 0. The lowest BCUT2D eigenvalue weighted by atomic mass is 9.81. The quantitative estimate of drug-likeness (QED) is 0.463. The highest BCUT2D eigenvalue weighted by Gasteiger charge is 2.21. The molecule has 0 bridgehead atoms. The first-order chi connectivity index (χ1) is 8.00. The van der Waals surface area contributed by atoms with Crippen LogP contribution in [-0.2, 0) is 5.41 Å². The minimum absolute atomic E-state index is 0.139. The maximum absolute atomic E-state index is 5.67. The predicted molar refractivity (Wildman–Crippen MR) is 74.6 cm³/mol. The molecule has 0 aromatic heterocycles. The number of allylic oxidation sites excluding steroid dienone is 1. The summed E-state index contributed by atoms with van der Waals surface area (Å²) in [7, 11) is 0. The van der Waals surface area contributed by atoms with Crippen LogP contribution in [0.2, 0.25) is 0 Å². The van der Waals surface area contributed by atoms with Gasteiger partial charge >= 0.3 is 0 Å². The van der Waals surface area contributed by atoms with Gasteiger partial charge in [-0.05, 0) is 29.4 Å². The first kappa shape index (κ1) is 13.9. The molecule has 1 unspecified atom stereocenters. The molecule has 2 heteroatoms. The van der Waals surface area contributed by atoms with E-state index >= 15 is 0 Å². The third-order valence-corrected chi connectivity index (χ3v) is 3.00. The molecule has 0 fully saturated rings. The fourth-order valence-electron chi connectivity index (χ4n) is 2.10. The van der Waals surface area contributed by atoms with Crippen molar-refractivity contribution in [1.29, 1.82) is 0 Å². The maximum Gasteiger partial charge on any atom is 0.0465 e. The summed E-state index contributed by atoms with van der Waals surface area (Å²) in [6, 6.07) is 8.71. The molecule has 1 aromatic carbocycles. The zero-order valence-electron chi connectivity index (χ0n) is 11.2. The maximum atomic E-state index is 5.67. The van der Waals surface area contributed by atoms with Crippen LogP contribution in [0, 0.1) is 0 Å². The van der Waals surface area contributed by atoms with Crippen LogP contribution >= 0.6 is 0 Å². The van der Waals surface area contributed by atoms with Crippen molar-refractivity contribution < 1.29 is 0 Å². The number of hydrogen-bond donors (Lipinski definition) is 2. The molecular formula is C15H24N2. The molecule has 1 aromatic rings. The number of benzene rings is 1. The summed E-state index contributed by atoms with van der Waals surface area (Å²) < 4.78 is 0. The van der Waals surface area contributed by atoms with Gasteiger partial charge in [-0.25, -0.2) is 0 Å². The van der Waals surface area contributed by atoms with Gasteiger partial charge in [-0.2, -0.15) is 0 Å². The molecule has 0 aliphatic rings. The van der Waals surface area contributed by atoms with E-state index in [2.05, 4.69) is 57.0 Å². The van der Waals surface area contributed by atoms with Crippen molar-refractivity contribution in [2.24, 2.45) is 5.84 Å². The van der Waals surface area contributed by atoms with Crippen LogP contribution in [0.25, 0.3) is 0 Å². The Morgan fingerprint density at radius 3 is 2.53 bits per heavy atom.